The highest BCUT2D eigenvalue weighted by molar-refractivity contribution is 5.75. The summed E-state index contributed by atoms with van der Waals surface area (Å²) in [6, 6.07) is 20.7. The summed E-state index contributed by atoms with van der Waals surface area (Å²) in [5, 5.41) is 8.95. The highest BCUT2D eigenvalue weighted by atomic mass is 19.1. The van der Waals surface area contributed by atoms with Gasteiger partial charge in [0.05, 0.1) is 41.9 Å². The van der Waals surface area contributed by atoms with Gasteiger partial charge in [-0.25, -0.2) is 14.4 Å². The molecule has 0 bridgehead atoms. The summed E-state index contributed by atoms with van der Waals surface area (Å²) in [7, 11) is 0. The Labute approximate surface area is 221 Å². The smallest absolute Gasteiger partial charge is 0.250 e. The Bertz CT molecular complexity index is 1450. The van der Waals surface area contributed by atoms with E-state index in [-0.39, 0.29) is 24.5 Å². The molecular weight excluding hydrogens is 481 g/mol. The predicted molar refractivity (Wildman–Crippen MR) is 141 cm³/mol. The van der Waals surface area contributed by atoms with Crippen molar-refractivity contribution in [2.45, 2.75) is 51.0 Å². The van der Waals surface area contributed by atoms with E-state index in [2.05, 4.69) is 38.7 Å². The lowest BCUT2D eigenvalue weighted by Gasteiger charge is -2.32. The molecule has 8 heteroatoms. The van der Waals surface area contributed by atoms with Crippen molar-refractivity contribution in [1.29, 1.82) is 5.26 Å². The number of likely N-dealkylation sites (tertiary alicyclic amines) is 1. The monoisotopic (exact) mass is 511 g/mol. The summed E-state index contributed by atoms with van der Waals surface area (Å²) in [6.07, 6.45) is 3.26. The first-order valence-electron chi connectivity index (χ1n) is 13.2. The Morgan fingerprint density at radius 3 is 2.53 bits per heavy atom. The van der Waals surface area contributed by atoms with Gasteiger partial charge < -0.3 is 14.0 Å². The minimum atomic E-state index is -0.464. The van der Waals surface area contributed by atoms with E-state index in [1.165, 1.54) is 6.07 Å². The number of benzene rings is 2. The second-order valence-electron chi connectivity index (χ2n) is 10.1. The van der Waals surface area contributed by atoms with E-state index in [0.29, 0.717) is 5.56 Å². The van der Waals surface area contributed by atoms with Gasteiger partial charge in [-0.2, -0.15) is 5.26 Å². The normalized spacial score (nSPS) is 18.3. The molecule has 2 fully saturated rings. The second kappa shape index (κ2) is 10.9. The highest BCUT2D eigenvalue weighted by Gasteiger charge is 2.26. The number of aromatic nitrogens is 3. The molecule has 0 radical (unpaired) electrons. The third-order valence-electron chi connectivity index (χ3n) is 7.58. The van der Waals surface area contributed by atoms with Crippen LogP contribution in [0.15, 0.2) is 60.7 Å². The molecule has 6 rings (SSSR count). The van der Waals surface area contributed by atoms with Crippen molar-refractivity contribution in [2.24, 2.45) is 0 Å². The average Bonchev–Trinajstić information content (AvgIpc) is 3.27. The van der Waals surface area contributed by atoms with Gasteiger partial charge in [0.1, 0.15) is 12.4 Å². The molecule has 2 saturated heterocycles. The standard InChI is InChI=1S/C30H30FN5O2/c31-25-9-10-26(34-30(25)38-20-22-7-5-21(17-32)6-8-22)23-11-14-35(15-12-23)19-29-33-27-3-1-2-4-28(27)36(29)18-24-13-16-37-24/h1-10,23-24H,11-16,18-20H2/t24-/m0/s1. The molecule has 2 aliphatic heterocycles. The summed E-state index contributed by atoms with van der Waals surface area (Å²) >= 11 is 0. The molecule has 0 N–H and O–H groups in total. The summed E-state index contributed by atoms with van der Waals surface area (Å²) in [4.78, 5) is 11.9. The predicted octanol–water partition coefficient (Wildman–Crippen LogP) is 5.19. The lowest BCUT2D eigenvalue weighted by molar-refractivity contribution is -0.0592. The van der Waals surface area contributed by atoms with Crippen LogP contribution in [0.25, 0.3) is 11.0 Å². The Morgan fingerprint density at radius 1 is 1.00 bits per heavy atom. The summed E-state index contributed by atoms with van der Waals surface area (Å²) < 4.78 is 28.2. The Balaban J connectivity index is 1.09. The van der Waals surface area contributed by atoms with E-state index in [1.807, 2.05) is 18.2 Å². The second-order valence-corrected chi connectivity index (χ2v) is 10.1. The summed E-state index contributed by atoms with van der Waals surface area (Å²) in [6.45, 7) is 4.54. The van der Waals surface area contributed by atoms with Crippen molar-refractivity contribution < 1.29 is 13.9 Å². The lowest BCUT2D eigenvalue weighted by atomic mass is 9.93. The third kappa shape index (κ3) is 5.26. The largest absolute Gasteiger partial charge is 0.471 e. The first kappa shape index (κ1) is 24.5. The fraction of sp³-hybridized carbons (Fsp3) is 0.367. The van der Waals surface area contributed by atoms with Gasteiger partial charge in [-0.3, -0.25) is 4.90 Å². The van der Waals surface area contributed by atoms with Crippen LogP contribution in [0.5, 0.6) is 5.88 Å². The first-order valence-corrected chi connectivity index (χ1v) is 13.2. The lowest BCUT2D eigenvalue weighted by Crippen LogP contribution is -2.35. The van der Waals surface area contributed by atoms with Crippen molar-refractivity contribution in [3.05, 3.63) is 89.1 Å². The number of nitriles is 1. The summed E-state index contributed by atoms with van der Waals surface area (Å²) in [5.74, 6) is 0.903. The number of hydrogen-bond donors (Lipinski definition) is 0. The molecule has 0 amide bonds. The number of rotatable bonds is 8. The molecule has 4 heterocycles. The number of piperidine rings is 1. The molecule has 4 aromatic rings. The van der Waals surface area contributed by atoms with Gasteiger partial charge in [-0.1, -0.05) is 24.3 Å². The van der Waals surface area contributed by atoms with Crippen LogP contribution in [0.3, 0.4) is 0 Å². The molecule has 1 atom stereocenters. The number of imidazole rings is 1. The maximum Gasteiger partial charge on any atom is 0.250 e. The van der Waals surface area contributed by atoms with Crippen LogP contribution >= 0.6 is 0 Å². The Morgan fingerprint density at radius 2 is 1.79 bits per heavy atom. The average molecular weight is 512 g/mol. The van der Waals surface area contributed by atoms with Crippen LogP contribution in [-0.2, 0) is 24.4 Å². The molecule has 0 unspecified atom stereocenters. The van der Waals surface area contributed by atoms with E-state index in [9.17, 15) is 4.39 Å². The van der Waals surface area contributed by atoms with Crippen LogP contribution in [-0.4, -0.2) is 45.2 Å². The van der Waals surface area contributed by atoms with Gasteiger partial charge in [-0.15, -0.1) is 0 Å². The van der Waals surface area contributed by atoms with Gasteiger partial charge in [0.25, 0.3) is 5.88 Å². The summed E-state index contributed by atoms with van der Waals surface area (Å²) in [5.41, 5.74) is 4.50. The third-order valence-corrected chi connectivity index (χ3v) is 7.58. The number of hydrogen-bond acceptors (Lipinski definition) is 6. The molecule has 2 aliphatic rings. The van der Waals surface area contributed by atoms with Gasteiger partial charge in [-0.05, 0) is 74.3 Å². The number of halogens is 1. The first-order chi connectivity index (χ1) is 18.7. The minimum absolute atomic E-state index is 0.0289. The van der Waals surface area contributed by atoms with Gasteiger partial charge in [0.15, 0.2) is 5.82 Å². The van der Waals surface area contributed by atoms with Crippen LogP contribution in [0.2, 0.25) is 0 Å². The van der Waals surface area contributed by atoms with Crippen LogP contribution in [0.1, 0.15) is 47.8 Å². The number of nitrogens with zero attached hydrogens (tertiary/aromatic N) is 5. The molecule has 194 valence electrons. The van der Waals surface area contributed by atoms with Crippen LogP contribution < -0.4 is 4.74 Å². The molecule has 0 aliphatic carbocycles. The van der Waals surface area contributed by atoms with E-state index in [0.717, 1.165) is 80.2 Å². The van der Waals surface area contributed by atoms with Crippen molar-refractivity contribution in [2.75, 3.05) is 19.7 Å². The topological polar surface area (TPSA) is 76.2 Å². The number of fused-ring (bicyclic) bond motifs is 1. The molecule has 0 spiro atoms. The maximum atomic E-state index is 14.5. The zero-order valence-electron chi connectivity index (χ0n) is 21.2. The fourth-order valence-electron chi connectivity index (χ4n) is 5.26. The number of para-hydroxylation sites is 2. The van der Waals surface area contributed by atoms with E-state index >= 15 is 0 Å². The van der Waals surface area contributed by atoms with Crippen molar-refractivity contribution in [3.8, 4) is 11.9 Å². The zero-order chi connectivity index (χ0) is 25.9. The van der Waals surface area contributed by atoms with Crippen molar-refractivity contribution >= 4 is 11.0 Å². The van der Waals surface area contributed by atoms with Gasteiger partial charge in [0, 0.05) is 18.2 Å². The SMILES string of the molecule is N#Cc1ccc(COc2nc(C3CCN(Cc4nc5ccccc5n4C[C@@H]4CCO4)CC3)ccc2F)cc1. The number of pyridine rings is 1. The van der Waals surface area contributed by atoms with Gasteiger partial charge >= 0.3 is 0 Å². The molecule has 2 aromatic heterocycles. The van der Waals surface area contributed by atoms with Crippen LogP contribution in [0.4, 0.5) is 4.39 Å². The fourth-order valence-corrected chi connectivity index (χ4v) is 5.26. The molecular formula is C30H30FN5O2. The molecule has 2 aromatic carbocycles. The van der Waals surface area contributed by atoms with Crippen molar-refractivity contribution in [1.82, 2.24) is 19.4 Å². The maximum absolute atomic E-state index is 14.5. The van der Waals surface area contributed by atoms with E-state index in [1.54, 1.807) is 18.2 Å². The number of ether oxygens (including phenoxy) is 2. The highest BCUT2D eigenvalue weighted by Crippen LogP contribution is 2.30. The molecule has 7 nitrogen and oxygen atoms in total. The van der Waals surface area contributed by atoms with E-state index < -0.39 is 5.82 Å². The molecule has 0 saturated carbocycles. The van der Waals surface area contributed by atoms with Crippen molar-refractivity contribution in [3.63, 3.8) is 0 Å². The zero-order valence-corrected chi connectivity index (χ0v) is 21.2. The van der Waals surface area contributed by atoms with Gasteiger partial charge in [0.2, 0.25) is 0 Å². The Kier molecular flexibility index (Phi) is 7.04. The quantitative estimate of drug-likeness (QED) is 0.324. The minimum Gasteiger partial charge on any atom is -0.471 e. The molecule has 38 heavy (non-hydrogen) atoms. The van der Waals surface area contributed by atoms with Crippen LogP contribution in [0, 0.1) is 17.1 Å². The Hall–Kier alpha value is -3.80. The van der Waals surface area contributed by atoms with E-state index in [4.69, 9.17) is 19.7 Å².